The van der Waals surface area contributed by atoms with Gasteiger partial charge in [-0.2, -0.15) is 0 Å². The second kappa shape index (κ2) is 28.2. The van der Waals surface area contributed by atoms with E-state index in [0.717, 1.165) is 0 Å². The molecular weight excluding hydrogens is 343 g/mol. The molecule has 0 bridgehead atoms. The molecule has 0 fully saturated rings. The molecule has 5 heavy (non-hydrogen) atoms. The van der Waals surface area contributed by atoms with Crippen molar-refractivity contribution in [1.29, 1.82) is 0 Å². The Morgan fingerprint density at radius 2 is 1.00 bits per heavy atom. The maximum Gasteiger partial charge on any atom is 4.00 e. The van der Waals surface area contributed by atoms with E-state index in [1.807, 2.05) is 0 Å². The van der Waals surface area contributed by atoms with Crippen LogP contribution in [0, 0.1) is 0 Å². The average Bonchev–Trinajstić information content (AvgIpc) is 0. The zero-order valence-electron chi connectivity index (χ0n) is 2.49. The summed E-state index contributed by atoms with van der Waals surface area (Å²) >= 11 is 0. The maximum atomic E-state index is 0. The summed E-state index contributed by atoms with van der Waals surface area (Å²) in [5, 5.41) is 0. The quantitative estimate of drug-likeness (QED) is 0.512. The van der Waals surface area contributed by atoms with Crippen molar-refractivity contribution in [2.24, 2.45) is 0 Å². The van der Waals surface area contributed by atoms with Crippen molar-refractivity contribution in [1.82, 2.24) is 0 Å². The largest absolute Gasteiger partial charge is 4.00 e. The van der Waals surface area contributed by atoms with Gasteiger partial charge in [-0.1, -0.05) is 0 Å². The standard InChI is InChI=1S/Ge.In.O.Ti.Zr/q;+3;-2;2*+4. The van der Waals surface area contributed by atoms with E-state index in [-0.39, 0.29) is 96.8 Å². The van der Waals surface area contributed by atoms with E-state index in [1.165, 1.54) is 0 Å². The van der Waals surface area contributed by atoms with Crippen LogP contribution in [0.15, 0.2) is 0 Å². The molecule has 4 radical (unpaired) electrons. The van der Waals surface area contributed by atoms with E-state index < -0.39 is 0 Å². The number of hydrogen-bond donors (Lipinski definition) is 0. The van der Waals surface area contributed by atoms with Crippen molar-refractivity contribution in [3.8, 4) is 0 Å². The molecule has 0 heterocycles. The van der Waals surface area contributed by atoms with Gasteiger partial charge in [-0.25, -0.2) is 0 Å². The molecule has 0 aliphatic carbocycles. The smallest absolute Gasteiger partial charge is 2.00 e. The van der Waals surface area contributed by atoms with Gasteiger partial charge in [0, 0.05) is 17.6 Å². The minimum Gasteiger partial charge on any atom is -2.00 e. The summed E-state index contributed by atoms with van der Waals surface area (Å²) < 4.78 is 0. The van der Waals surface area contributed by atoms with Crippen LogP contribution in [0.25, 0.3) is 0 Å². The van der Waals surface area contributed by atoms with Crippen LogP contribution in [0.1, 0.15) is 0 Å². The van der Waals surface area contributed by atoms with Gasteiger partial charge in [-0.15, -0.1) is 0 Å². The fraction of sp³-hybridized carbons (Fsp3) is 0. The normalized spacial score (nSPS) is 0. The number of rotatable bonds is 0. The molecule has 0 atom stereocenters. The SMILES string of the molecule is [Ge].[In+3].[O-2].[Ti+4].[Zr+4]. The van der Waals surface area contributed by atoms with Crippen molar-refractivity contribution >= 4 is 43.4 Å². The Kier molecular flexibility index (Phi) is 247. The van der Waals surface area contributed by atoms with E-state index in [1.54, 1.807) is 0 Å². The van der Waals surface area contributed by atoms with Gasteiger partial charge in [0.15, 0.2) is 0 Å². The molecule has 0 aromatic heterocycles. The summed E-state index contributed by atoms with van der Waals surface area (Å²) in [5.41, 5.74) is 0. The Balaban J connectivity index is 0. The molecular formula is GeInOTiZr+9. The molecule has 0 aliphatic rings. The molecule has 0 saturated carbocycles. The minimum atomic E-state index is 0. The minimum absolute atomic E-state index is 0. The topological polar surface area (TPSA) is 28.5 Å². The van der Waals surface area contributed by atoms with Crippen molar-refractivity contribution in [2.45, 2.75) is 0 Å². The third-order valence-electron chi connectivity index (χ3n) is 0. The van der Waals surface area contributed by atoms with E-state index in [0.29, 0.717) is 0 Å². The zero-order valence-corrected chi connectivity index (χ0v) is 11.9. The summed E-state index contributed by atoms with van der Waals surface area (Å²) in [6.07, 6.45) is 0. The van der Waals surface area contributed by atoms with Crippen LogP contribution in [-0.2, 0) is 53.4 Å². The van der Waals surface area contributed by atoms with E-state index in [2.05, 4.69) is 0 Å². The van der Waals surface area contributed by atoms with Gasteiger partial charge in [0.1, 0.15) is 0 Å². The average molecular weight is 343 g/mol. The van der Waals surface area contributed by atoms with Crippen molar-refractivity contribution in [3.63, 3.8) is 0 Å². The van der Waals surface area contributed by atoms with Gasteiger partial charge < -0.3 is 5.48 Å². The first kappa shape index (κ1) is 43.9. The number of hydrogen-bond acceptors (Lipinski definition) is 0. The van der Waals surface area contributed by atoms with Crippen LogP contribution in [0.3, 0.4) is 0 Å². The molecule has 0 N–H and O–H groups in total. The van der Waals surface area contributed by atoms with Crippen molar-refractivity contribution in [3.05, 3.63) is 0 Å². The molecule has 12 valence electrons. The first-order chi connectivity index (χ1) is 0. The third-order valence-corrected chi connectivity index (χ3v) is 0. The molecule has 0 aromatic carbocycles. The second-order valence-electron chi connectivity index (χ2n) is 0. The molecule has 0 saturated heterocycles. The summed E-state index contributed by atoms with van der Waals surface area (Å²) in [5.74, 6) is 0. The van der Waals surface area contributed by atoms with Gasteiger partial charge in [0.05, 0.1) is 0 Å². The Morgan fingerprint density at radius 1 is 1.00 bits per heavy atom. The molecule has 0 aliphatic heterocycles. The van der Waals surface area contributed by atoms with Crippen LogP contribution in [0.2, 0.25) is 0 Å². The van der Waals surface area contributed by atoms with Crippen LogP contribution < -0.4 is 0 Å². The van der Waals surface area contributed by atoms with Crippen LogP contribution >= 0.6 is 0 Å². The Bertz CT molecular complexity index is 11.6. The Morgan fingerprint density at radius 3 is 1.00 bits per heavy atom. The summed E-state index contributed by atoms with van der Waals surface area (Å²) in [6.45, 7) is 0. The van der Waals surface area contributed by atoms with Crippen molar-refractivity contribution in [2.75, 3.05) is 0 Å². The monoisotopic (exact) mass is 343 g/mol. The fourth-order valence-electron chi connectivity index (χ4n) is 0. The molecule has 0 spiro atoms. The maximum absolute atomic E-state index is 0. The summed E-state index contributed by atoms with van der Waals surface area (Å²) in [6, 6.07) is 0. The van der Waals surface area contributed by atoms with Gasteiger partial charge in [-0.3, -0.25) is 0 Å². The van der Waals surface area contributed by atoms with Crippen LogP contribution in [-0.4, -0.2) is 43.4 Å². The molecule has 0 unspecified atom stereocenters. The Hall–Kier alpha value is 2.97. The van der Waals surface area contributed by atoms with Gasteiger partial charge in [0.2, 0.25) is 0 Å². The zero-order chi connectivity index (χ0) is 0. The molecule has 0 aromatic rings. The Labute approximate surface area is 95.1 Å². The predicted octanol–water partition coefficient (Wildman–Crippen LogP) is -0.885. The van der Waals surface area contributed by atoms with Gasteiger partial charge >= 0.3 is 73.8 Å². The van der Waals surface area contributed by atoms with Gasteiger partial charge in [-0.05, 0) is 0 Å². The third kappa shape index (κ3) is 19.5. The second-order valence-corrected chi connectivity index (χ2v) is 0. The van der Waals surface area contributed by atoms with E-state index in [9.17, 15) is 0 Å². The molecule has 0 rings (SSSR count). The molecule has 1 nitrogen and oxygen atoms in total. The van der Waals surface area contributed by atoms with Crippen molar-refractivity contribution < 1.29 is 53.4 Å². The fourth-order valence-corrected chi connectivity index (χ4v) is 0. The van der Waals surface area contributed by atoms with E-state index in [4.69, 9.17) is 0 Å². The van der Waals surface area contributed by atoms with E-state index >= 15 is 0 Å². The first-order valence-corrected chi connectivity index (χ1v) is 0. The van der Waals surface area contributed by atoms with Gasteiger partial charge in [0.25, 0.3) is 0 Å². The predicted molar refractivity (Wildman–Crippen MR) is 12.2 cm³/mol. The molecule has 5 heteroatoms. The molecule has 0 amide bonds. The summed E-state index contributed by atoms with van der Waals surface area (Å²) in [7, 11) is 0. The first-order valence-electron chi connectivity index (χ1n) is 0. The summed E-state index contributed by atoms with van der Waals surface area (Å²) in [4.78, 5) is 0. The van der Waals surface area contributed by atoms with Crippen LogP contribution in [0.5, 0.6) is 0 Å². The van der Waals surface area contributed by atoms with Crippen LogP contribution in [0.4, 0.5) is 0 Å².